The lowest BCUT2D eigenvalue weighted by molar-refractivity contribution is 0.563. The maximum Gasteiger partial charge on any atom is 0.195 e. The molecular weight excluding hydrogens is 154 g/mol. The zero-order valence-corrected chi connectivity index (χ0v) is 8.27. The summed E-state index contributed by atoms with van der Waals surface area (Å²) < 4.78 is 0. The molecule has 1 nitrogen and oxygen atoms in total. The molecule has 0 aromatic heterocycles. The van der Waals surface area contributed by atoms with E-state index in [2.05, 4.69) is 17.6 Å². The van der Waals surface area contributed by atoms with Crippen LogP contribution in [0.25, 0.3) is 0 Å². The van der Waals surface area contributed by atoms with E-state index in [0.29, 0.717) is 0 Å². The summed E-state index contributed by atoms with van der Waals surface area (Å²) >= 11 is 1.79. The van der Waals surface area contributed by atoms with Gasteiger partial charge in [0.2, 0.25) is 0 Å². The van der Waals surface area contributed by atoms with Crippen LogP contribution in [0.3, 0.4) is 0 Å². The average Bonchev–Trinajstić information content (AvgIpc) is 1.96. The molecule has 0 saturated carbocycles. The number of allylic oxidation sites excluding steroid dienone is 2. The Bertz CT molecular complexity index is 157. The van der Waals surface area contributed by atoms with E-state index >= 15 is 0 Å². The lowest BCUT2D eigenvalue weighted by Crippen LogP contribution is -2.00. The first-order valence-corrected chi connectivity index (χ1v) is 4.71. The molecule has 0 N–H and O–H groups in total. The minimum absolute atomic E-state index is 1.04. The second-order valence-corrected chi connectivity index (χ2v) is 3.28. The van der Waals surface area contributed by atoms with E-state index in [1.165, 1.54) is 0 Å². The first-order chi connectivity index (χ1) is 5.27. The van der Waals surface area contributed by atoms with Gasteiger partial charge in [-0.05, 0) is 25.3 Å². The van der Waals surface area contributed by atoms with Crippen molar-refractivity contribution in [3.05, 3.63) is 24.4 Å². The molecule has 11 heavy (non-hydrogen) atoms. The fourth-order valence-corrected chi connectivity index (χ4v) is 1.08. The maximum atomic E-state index is 2.14. The first-order valence-electron chi connectivity index (χ1n) is 3.66. The second-order valence-electron chi connectivity index (χ2n) is 2.34. The molecule has 0 fully saturated rings. The molecular formula is C9H16NS+. The van der Waals surface area contributed by atoms with Gasteiger partial charge in [0.05, 0.1) is 0 Å². The SMILES string of the molecule is C/C=C/C=[S+]C/C=C/N(C)C. The Labute approximate surface area is 73.4 Å². The van der Waals surface area contributed by atoms with Gasteiger partial charge in [0.15, 0.2) is 22.5 Å². The third-order valence-electron chi connectivity index (χ3n) is 0.963. The molecule has 0 rings (SSSR count). The van der Waals surface area contributed by atoms with Gasteiger partial charge in [-0.1, -0.05) is 6.08 Å². The molecule has 2 heteroatoms. The van der Waals surface area contributed by atoms with Crippen molar-refractivity contribution in [2.45, 2.75) is 6.92 Å². The Hall–Kier alpha value is -0.630. The molecule has 0 spiro atoms. The van der Waals surface area contributed by atoms with Crippen molar-refractivity contribution in [3.8, 4) is 0 Å². The summed E-state index contributed by atoms with van der Waals surface area (Å²) in [7, 11) is 4.05. The lowest BCUT2D eigenvalue weighted by Gasteiger charge is -1.99. The van der Waals surface area contributed by atoms with Crippen LogP contribution in [0.15, 0.2) is 24.4 Å². The molecule has 0 unspecified atom stereocenters. The highest BCUT2D eigenvalue weighted by atomic mass is 32.1. The van der Waals surface area contributed by atoms with Crippen molar-refractivity contribution in [2.75, 3.05) is 19.8 Å². The third-order valence-corrected chi connectivity index (χ3v) is 1.70. The molecule has 62 valence electrons. The summed E-state index contributed by atoms with van der Waals surface area (Å²) in [4.78, 5) is 2.04. The molecule has 0 amide bonds. The minimum Gasteiger partial charge on any atom is -0.384 e. The average molecular weight is 170 g/mol. The van der Waals surface area contributed by atoms with Crippen molar-refractivity contribution in [2.24, 2.45) is 0 Å². The van der Waals surface area contributed by atoms with Gasteiger partial charge in [0.1, 0.15) is 0 Å². The molecule has 0 aliphatic heterocycles. The number of hydrogen-bond donors (Lipinski definition) is 0. The highest BCUT2D eigenvalue weighted by molar-refractivity contribution is 7.77. The Morgan fingerprint density at radius 3 is 2.64 bits per heavy atom. The second kappa shape index (κ2) is 7.48. The van der Waals surface area contributed by atoms with Crippen molar-refractivity contribution >= 4 is 16.7 Å². The van der Waals surface area contributed by atoms with Gasteiger partial charge in [-0.3, -0.25) is 0 Å². The minimum atomic E-state index is 1.04. The topological polar surface area (TPSA) is 3.24 Å². The highest BCUT2D eigenvalue weighted by Crippen LogP contribution is 1.76. The van der Waals surface area contributed by atoms with Crippen LogP contribution in [0, 0.1) is 0 Å². The standard InChI is InChI=1S/C9H16NS/c1-4-5-8-11-9-6-7-10(2)3/h4-8H,9H2,1-3H3/q+1/b5-4+,7-6+. The van der Waals surface area contributed by atoms with Gasteiger partial charge < -0.3 is 4.90 Å². The smallest absolute Gasteiger partial charge is 0.195 e. The zero-order chi connectivity index (χ0) is 8.53. The molecule has 0 aliphatic carbocycles. The Morgan fingerprint density at radius 1 is 1.36 bits per heavy atom. The van der Waals surface area contributed by atoms with Gasteiger partial charge in [0, 0.05) is 14.1 Å². The number of nitrogens with zero attached hydrogens (tertiary/aromatic N) is 1. The summed E-state index contributed by atoms with van der Waals surface area (Å²) in [6.07, 6.45) is 8.29. The molecule has 0 radical (unpaired) electrons. The van der Waals surface area contributed by atoms with Gasteiger partial charge in [-0.25, -0.2) is 0 Å². The van der Waals surface area contributed by atoms with Crippen LogP contribution < -0.4 is 0 Å². The summed E-state index contributed by atoms with van der Waals surface area (Å²) in [6, 6.07) is 0. The fraction of sp³-hybridized carbons (Fsp3) is 0.444. The largest absolute Gasteiger partial charge is 0.384 e. The molecule has 0 aliphatic rings. The quantitative estimate of drug-likeness (QED) is 0.351. The Morgan fingerprint density at radius 2 is 2.09 bits per heavy atom. The summed E-state index contributed by atoms with van der Waals surface area (Å²) in [5.41, 5.74) is 0. The molecule has 0 bridgehead atoms. The molecule has 0 aromatic rings. The highest BCUT2D eigenvalue weighted by Gasteiger charge is 1.84. The predicted molar refractivity (Wildman–Crippen MR) is 55.9 cm³/mol. The van der Waals surface area contributed by atoms with E-state index in [9.17, 15) is 0 Å². The van der Waals surface area contributed by atoms with E-state index in [0.717, 1.165) is 5.75 Å². The third kappa shape index (κ3) is 9.37. The van der Waals surface area contributed by atoms with E-state index in [4.69, 9.17) is 0 Å². The van der Waals surface area contributed by atoms with Gasteiger partial charge in [-0.2, -0.15) is 0 Å². The molecule has 0 atom stereocenters. The summed E-state index contributed by atoms with van der Waals surface area (Å²) in [5.74, 6) is 1.04. The van der Waals surface area contributed by atoms with Gasteiger partial charge >= 0.3 is 0 Å². The predicted octanol–water partition coefficient (Wildman–Crippen LogP) is 1.52. The van der Waals surface area contributed by atoms with E-state index in [1.807, 2.05) is 38.1 Å². The van der Waals surface area contributed by atoms with Gasteiger partial charge in [0.25, 0.3) is 0 Å². The van der Waals surface area contributed by atoms with Crippen molar-refractivity contribution < 1.29 is 0 Å². The number of hydrogen-bond acceptors (Lipinski definition) is 1. The Kier molecular flexibility index (Phi) is 7.05. The van der Waals surface area contributed by atoms with Crippen molar-refractivity contribution in [1.82, 2.24) is 4.90 Å². The van der Waals surface area contributed by atoms with Gasteiger partial charge in [-0.15, -0.1) is 0 Å². The van der Waals surface area contributed by atoms with E-state index in [1.54, 1.807) is 11.4 Å². The summed E-state index contributed by atoms with van der Waals surface area (Å²) in [6.45, 7) is 2.02. The van der Waals surface area contributed by atoms with E-state index < -0.39 is 0 Å². The van der Waals surface area contributed by atoms with Crippen molar-refractivity contribution in [3.63, 3.8) is 0 Å². The fourth-order valence-electron chi connectivity index (χ4n) is 0.499. The summed E-state index contributed by atoms with van der Waals surface area (Å²) in [5, 5.41) is 2.10. The Balaban J connectivity index is 3.40. The maximum absolute atomic E-state index is 2.14. The number of rotatable bonds is 4. The first kappa shape index (κ1) is 10.4. The monoisotopic (exact) mass is 170 g/mol. The molecule has 0 aromatic carbocycles. The van der Waals surface area contributed by atoms with E-state index in [-0.39, 0.29) is 0 Å². The molecule has 0 heterocycles. The van der Waals surface area contributed by atoms with Crippen LogP contribution in [-0.4, -0.2) is 30.1 Å². The van der Waals surface area contributed by atoms with Crippen LogP contribution in [0.1, 0.15) is 6.92 Å². The van der Waals surface area contributed by atoms with Crippen LogP contribution in [0.5, 0.6) is 0 Å². The van der Waals surface area contributed by atoms with Crippen LogP contribution >= 0.6 is 0 Å². The van der Waals surface area contributed by atoms with Crippen molar-refractivity contribution in [1.29, 1.82) is 0 Å². The molecule has 0 saturated heterocycles. The van der Waals surface area contributed by atoms with Crippen LogP contribution in [0.2, 0.25) is 0 Å². The zero-order valence-electron chi connectivity index (χ0n) is 7.45. The normalized spacial score (nSPS) is 12.3. The van der Waals surface area contributed by atoms with Crippen LogP contribution in [0.4, 0.5) is 0 Å². The van der Waals surface area contributed by atoms with Crippen LogP contribution in [-0.2, 0) is 11.4 Å². The lowest BCUT2D eigenvalue weighted by atomic mass is 10.6.